The van der Waals surface area contributed by atoms with E-state index in [0.717, 1.165) is 17.1 Å². The highest BCUT2D eigenvalue weighted by Gasteiger charge is 2.13. The van der Waals surface area contributed by atoms with E-state index >= 15 is 0 Å². The fourth-order valence-corrected chi connectivity index (χ4v) is 4.09. The van der Waals surface area contributed by atoms with Crippen molar-refractivity contribution in [3.8, 4) is 5.69 Å². The molecule has 27 heavy (non-hydrogen) atoms. The number of aromatic nitrogens is 5. The molecule has 0 aliphatic rings. The van der Waals surface area contributed by atoms with Crippen molar-refractivity contribution >= 4 is 34.1 Å². The van der Waals surface area contributed by atoms with Crippen molar-refractivity contribution in [1.29, 1.82) is 0 Å². The van der Waals surface area contributed by atoms with Crippen LogP contribution in [0.3, 0.4) is 0 Å². The van der Waals surface area contributed by atoms with Crippen molar-refractivity contribution in [3.63, 3.8) is 0 Å². The Hall–Kier alpha value is -2.26. The van der Waals surface area contributed by atoms with Gasteiger partial charge in [-0.05, 0) is 43.0 Å². The number of benzene rings is 1. The number of rotatable bonds is 7. The molecule has 9 heteroatoms. The molecule has 142 valence electrons. The maximum absolute atomic E-state index is 12.2. The van der Waals surface area contributed by atoms with Crippen molar-refractivity contribution < 1.29 is 4.79 Å². The van der Waals surface area contributed by atoms with Gasteiger partial charge < -0.3 is 0 Å². The number of nitrogens with zero attached hydrogens (tertiary/aromatic N) is 5. The van der Waals surface area contributed by atoms with E-state index in [1.165, 1.54) is 34.2 Å². The number of carbonyl (C=O) groups is 1. The maximum Gasteiger partial charge on any atom is 0.236 e. The van der Waals surface area contributed by atoms with Crippen LogP contribution in [0.25, 0.3) is 5.69 Å². The molecule has 3 aromatic rings. The first-order valence-corrected chi connectivity index (χ1v) is 10.4. The van der Waals surface area contributed by atoms with Gasteiger partial charge in [0.1, 0.15) is 11.3 Å². The maximum atomic E-state index is 12.2. The summed E-state index contributed by atoms with van der Waals surface area (Å²) in [7, 11) is 0. The van der Waals surface area contributed by atoms with Crippen LogP contribution in [-0.2, 0) is 11.2 Å². The Morgan fingerprint density at radius 2 is 2.04 bits per heavy atom. The lowest BCUT2D eigenvalue weighted by Gasteiger charge is -2.08. The Labute approximate surface area is 166 Å². The van der Waals surface area contributed by atoms with Gasteiger partial charge in [0.15, 0.2) is 5.16 Å². The van der Waals surface area contributed by atoms with Crippen LogP contribution in [0, 0.1) is 19.8 Å². The van der Waals surface area contributed by atoms with Gasteiger partial charge in [0, 0.05) is 12.1 Å². The van der Waals surface area contributed by atoms with Crippen LogP contribution < -0.4 is 5.32 Å². The van der Waals surface area contributed by atoms with E-state index in [4.69, 9.17) is 0 Å². The summed E-state index contributed by atoms with van der Waals surface area (Å²) in [5, 5.41) is 21.2. The SMILES string of the molecule is Cc1ccc(-n2cnnc2SCC(=O)Nc2nnc(CC(C)C)s2)cc1C. The first kappa shape index (κ1) is 19.5. The molecule has 0 fully saturated rings. The summed E-state index contributed by atoms with van der Waals surface area (Å²) < 4.78 is 1.88. The van der Waals surface area contributed by atoms with Gasteiger partial charge in [-0.1, -0.05) is 43.0 Å². The molecule has 0 aliphatic heterocycles. The second-order valence-electron chi connectivity index (χ2n) is 6.69. The van der Waals surface area contributed by atoms with Gasteiger partial charge in [0.25, 0.3) is 0 Å². The minimum Gasteiger partial charge on any atom is -0.300 e. The summed E-state index contributed by atoms with van der Waals surface area (Å²) in [6, 6.07) is 6.17. The van der Waals surface area contributed by atoms with Crippen LogP contribution in [0.1, 0.15) is 30.0 Å². The van der Waals surface area contributed by atoms with E-state index in [0.29, 0.717) is 16.2 Å². The standard InChI is InChI=1S/C18H22N6OS2/c1-11(2)7-16-21-22-17(27-16)20-15(25)9-26-18-23-19-10-24(18)14-6-5-12(3)13(4)8-14/h5-6,8,10-11H,7,9H2,1-4H3,(H,20,22,25). The summed E-state index contributed by atoms with van der Waals surface area (Å²) in [6.45, 7) is 8.40. The van der Waals surface area contributed by atoms with E-state index in [2.05, 4.69) is 65.5 Å². The van der Waals surface area contributed by atoms with E-state index in [9.17, 15) is 4.79 Å². The fraction of sp³-hybridized carbons (Fsp3) is 0.389. The molecule has 0 unspecified atom stereocenters. The second-order valence-corrected chi connectivity index (χ2v) is 8.69. The third kappa shape index (κ3) is 5.14. The molecule has 0 spiro atoms. The molecule has 1 N–H and O–H groups in total. The summed E-state index contributed by atoms with van der Waals surface area (Å²) in [6.07, 6.45) is 2.52. The molecule has 7 nitrogen and oxygen atoms in total. The monoisotopic (exact) mass is 402 g/mol. The minimum absolute atomic E-state index is 0.137. The van der Waals surface area contributed by atoms with Crippen LogP contribution >= 0.6 is 23.1 Å². The number of anilines is 1. The quantitative estimate of drug-likeness (QED) is 0.607. The zero-order chi connectivity index (χ0) is 19.4. The van der Waals surface area contributed by atoms with E-state index in [-0.39, 0.29) is 11.7 Å². The number of aryl methyl sites for hydroxylation is 2. The molecule has 1 aromatic carbocycles. The molecule has 1 amide bonds. The average Bonchev–Trinajstić information content (AvgIpc) is 3.24. The Kier molecular flexibility index (Phi) is 6.22. The van der Waals surface area contributed by atoms with Crippen LogP contribution in [0.5, 0.6) is 0 Å². The van der Waals surface area contributed by atoms with Gasteiger partial charge >= 0.3 is 0 Å². The highest BCUT2D eigenvalue weighted by molar-refractivity contribution is 7.99. The number of hydrogen-bond donors (Lipinski definition) is 1. The summed E-state index contributed by atoms with van der Waals surface area (Å²) >= 11 is 2.76. The summed E-state index contributed by atoms with van der Waals surface area (Å²) in [5.74, 6) is 0.596. The molecular weight excluding hydrogens is 380 g/mol. The Morgan fingerprint density at radius 1 is 1.22 bits per heavy atom. The van der Waals surface area contributed by atoms with Gasteiger partial charge in [0.05, 0.1) is 5.75 Å². The lowest BCUT2D eigenvalue weighted by molar-refractivity contribution is -0.113. The summed E-state index contributed by atoms with van der Waals surface area (Å²) in [5.41, 5.74) is 3.41. The lowest BCUT2D eigenvalue weighted by atomic mass is 10.1. The van der Waals surface area contributed by atoms with E-state index in [1.54, 1.807) is 6.33 Å². The number of amides is 1. The summed E-state index contributed by atoms with van der Waals surface area (Å²) in [4.78, 5) is 12.2. The van der Waals surface area contributed by atoms with Crippen molar-refractivity contribution in [3.05, 3.63) is 40.7 Å². The van der Waals surface area contributed by atoms with E-state index < -0.39 is 0 Å². The normalized spacial score (nSPS) is 11.1. The average molecular weight is 403 g/mol. The van der Waals surface area contributed by atoms with Gasteiger partial charge in [-0.15, -0.1) is 20.4 Å². The number of nitrogens with one attached hydrogen (secondary N) is 1. The van der Waals surface area contributed by atoms with Crippen LogP contribution in [-0.4, -0.2) is 36.6 Å². The zero-order valence-electron chi connectivity index (χ0n) is 15.8. The molecule has 0 radical (unpaired) electrons. The molecule has 2 heterocycles. The van der Waals surface area contributed by atoms with Gasteiger partial charge in [-0.2, -0.15) is 0 Å². The first-order chi connectivity index (χ1) is 12.9. The van der Waals surface area contributed by atoms with Gasteiger partial charge in [0.2, 0.25) is 11.0 Å². The minimum atomic E-state index is -0.137. The molecule has 0 saturated carbocycles. The Morgan fingerprint density at radius 3 is 2.78 bits per heavy atom. The molecule has 0 saturated heterocycles. The Bertz CT molecular complexity index is 934. The third-order valence-corrected chi connectivity index (χ3v) is 5.72. The van der Waals surface area contributed by atoms with Crippen LogP contribution in [0.15, 0.2) is 29.7 Å². The molecule has 3 rings (SSSR count). The smallest absolute Gasteiger partial charge is 0.236 e. The molecular formula is C18H22N6OS2. The topological polar surface area (TPSA) is 85.6 Å². The van der Waals surface area contributed by atoms with Gasteiger partial charge in [-0.3, -0.25) is 14.7 Å². The third-order valence-electron chi connectivity index (χ3n) is 3.91. The lowest BCUT2D eigenvalue weighted by Crippen LogP contribution is -2.14. The molecule has 2 aromatic heterocycles. The van der Waals surface area contributed by atoms with E-state index in [1.807, 2.05) is 10.6 Å². The Balaban J connectivity index is 1.60. The fourth-order valence-electron chi connectivity index (χ4n) is 2.40. The first-order valence-electron chi connectivity index (χ1n) is 8.65. The van der Waals surface area contributed by atoms with Crippen LogP contribution in [0.2, 0.25) is 0 Å². The highest BCUT2D eigenvalue weighted by atomic mass is 32.2. The zero-order valence-corrected chi connectivity index (χ0v) is 17.4. The van der Waals surface area contributed by atoms with Crippen molar-refractivity contribution in [2.24, 2.45) is 5.92 Å². The van der Waals surface area contributed by atoms with Crippen molar-refractivity contribution in [1.82, 2.24) is 25.0 Å². The molecule has 0 atom stereocenters. The second kappa shape index (κ2) is 8.62. The largest absolute Gasteiger partial charge is 0.300 e. The molecule has 0 aliphatic carbocycles. The van der Waals surface area contributed by atoms with Crippen molar-refractivity contribution in [2.75, 3.05) is 11.1 Å². The number of hydrogen-bond acceptors (Lipinski definition) is 7. The molecule has 0 bridgehead atoms. The van der Waals surface area contributed by atoms with Crippen molar-refractivity contribution in [2.45, 2.75) is 39.3 Å². The predicted octanol–water partition coefficient (Wildman–Crippen LogP) is 3.66. The predicted molar refractivity (Wildman–Crippen MR) is 109 cm³/mol. The highest BCUT2D eigenvalue weighted by Crippen LogP contribution is 2.22. The number of carbonyl (C=O) groups excluding carboxylic acids is 1. The van der Waals surface area contributed by atoms with Gasteiger partial charge in [-0.25, -0.2) is 0 Å². The number of thioether (sulfide) groups is 1. The van der Waals surface area contributed by atoms with Crippen LogP contribution in [0.4, 0.5) is 5.13 Å².